The number of carbonyl (C=O) groups is 1. The molecule has 0 aliphatic carbocycles. The van der Waals surface area contributed by atoms with Crippen LogP contribution in [0.1, 0.15) is 10.4 Å². The maximum Gasteiger partial charge on any atom is 0.255 e. The highest BCUT2D eigenvalue weighted by molar-refractivity contribution is 9.10. The third kappa shape index (κ3) is 4.12. The molecule has 1 aromatic rings. The lowest BCUT2D eigenvalue weighted by Crippen LogP contribution is -2.35. The Hall–Kier alpha value is -0.290. The molecule has 0 N–H and O–H groups in total. The molecular formula is C12H14BrCl2NO2. The second-order valence-electron chi connectivity index (χ2n) is 3.58. The smallest absolute Gasteiger partial charge is 0.255 e. The molecule has 0 spiro atoms. The predicted octanol–water partition coefficient (Wildman–Crippen LogP) is 3.43. The third-order valence-electron chi connectivity index (χ3n) is 2.39. The fourth-order valence-corrected chi connectivity index (χ4v) is 2.23. The Morgan fingerprint density at radius 2 is 2.17 bits per heavy atom. The third-order valence-corrected chi connectivity index (χ3v) is 3.85. The zero-order valence-electron chi connectivity index (χ0n) is 9.96. The van der Waals surface area contributed by atoms with Crippen LogP contribution in [-0.4, -0.2) is 43.5 Å². The summed E-state index contributed by atoms with van der Waals surface area (Å²) < 4.78 is 5.68. The standard InChI is InChI=1S/C12H14BrCl2NO2/c1-18-8-7-16(6-5-14)12(17)9-3-2-4-10(13)11(9)15/h2-4H,5-8H2,1H3. The summed E-state index contributed by atoms with van der Waals surface area (Å²) >= 11 is 15.1. The Morgan fingerprint density at radius 1 is 1.44 bits per heavy atom. The lowest BCUT2D eigenvalue weighted by Gasteiger charge is -2.22. The van der Waals surface area contributed by atoms with E-state index in [1.807, 2.05) is 0 Å². The van der Waals surface area contributed by atoms with Crippen LogP contribution in [0.2, 0.25) is 5.02 Å². The van der Waals surface area contributed by atoms with E-state index in [1.165, 1.54) is 0 Å². The van der Waals surface area contributed by atoms with E-state index in [-0.39, 0.29) is 5.91 Å². The van der Waals surface area contributed by atoms with Gasteiger partial charge in [-0.1, -0.05) is 17.7 Å². The molecule has 100 valence electrons. The van der Waals surface area contributed by atoms with E-state index >= 15 is 0 Å². The number of methoxy groups -OCH3 is 1. The molecule has 0 atom stereocenters. The lowest BCUT2D eigenvalue weighted by atomic mass is 10.2. The van der Waals surface area contributed by atoms with Crippen molar-refractivity contribution < 1.29 is 9.53 Å². The number of carbonyl (C=O) groups excluding carboxylic acids is 1. The van der Waals surface area contributed by atoms with Gasteiger partial charge >= 0.3 is 0 Å². The van der Waals surface area contributed by atoms with Crippen LogP contribution in [0.5, 0.6) is 0 Å². The summed E-state index contributed by atoms with van der Waals surface area (Å²) in [6, 6.07) is 5.27. The van der Waals surface area contributed by atoms with Crippen LogP contribution < -0.4 is 0 Å². The van der Waals surface area contributed by atoms with E-state index in [0.717, 1.165) is 0 Å². The quantitative estimate of drug-likeness (QED) is 0.732. The Morgan fingerprint density at radius 3 is 2.78 bits per heavy atom. The van der Waals surface area contributed by atoms with Gasteiger partial charge in [-0.25, -0.2) is 0 Å². The Kier molecular flexibility index (Phi) is 7.00. The molecular weight excluding hydrogens is 341 g/mol. The normalized spacial score (nSPS) is 10.4. The van der Waals surface area contributed by atoms with Crippen LogP contribution in [0.4, 0.5) is 0 Å². The number of amides is 1. The zero-order valence-corrected chi connectivity index (χ0v) is 13.1. The Labute approximate surface area is 125 Å². The van der Waals surface area contributed by atoms with Crippen LogP contribution >= 0.6 is 39.1 Å². The van der Waals surface area contributed by atoms with Crippen LogP contribution in [0.15, 0.2) is 22.7 Å². The first-order chi connectivity index (χ1) is 8.61. The van der Waals surface area contributed by atoms with E-state index in [0.29, 0.717) is 40.6 Å². The summed E-state index contributed by atoms with van der Waals surface area (Å²) in [6.45, 7) is 1.42. The van der Waals surface area contributed by atoms with Crippen molar-refractivity contribution in [1.29, 1.82) is 0 Å². The minimum atomic E-state index is -0.140. The van der Waals surface area contributed by atoms with Crippen molar-refractivity contribution in [2.45, 2.75) is 0 Å². The van der Waals surface area contributed by atoms with Crippen molar-refractivity contribution in [3.05, 3.63) is 33.3 Å². The molecule has 1 rings (SSSR count). The van der Waals surface area contributed by atoms with Gasteiger partial charge in [0, 0.05) is 30.6 Å². The highest BCUT2D eigenvalue weighted by Gasteiger charge is 2.18. The summed E-state index contributed by atoms with van der Waals surface area (Å²) in [6.07, 6.45) is 0. The topological polar surface area (TPSA) is 29.5 Å². The number of alkyl halides is 1. The van der Waals surface area contributed by atoms with Gasteiger partial charge in [0.1, 0.15) is 0 Å². The lowest BCUT2D eigenvalue weighted by molar-refractivity contribution is 0.0708. The molecule has 0 aliphatic heterocycles. The van der Waals surface area contributed by atoms with Gasteiger partial charge in [0.2, 0.25) is 0 Å². The monoisotopic (exact) mass is 353 g/mol. The maximum atomic E-state index is 12.3. The largest absolute Gasteiger partial charge is 0.383 e. The number of hydrogen-bond donors (Lipinski definition) is 0. The number of nitrogens with zero attached hydrogens (tertiary/aromatic N) is 1. The van der Waals surface area contributed by atoms with Gasteiger partial charge < -0.3 is 9.64 Å². The summed E-state index contributed by atoms with van der Waals surface area (Å²) in [5.41, 5.74) is 0.465. The number of rotatable bonds is 6. The minimum absolute atomic E-state index is 0.140. The van der Waals surface area contributed by atoms with Crippen molar-refractivity contribution in [3.8, 4) is 0 Å². The fraction of sp³-hybridized carbons (Fsp3) is 0.417. The van der Waals surface area contributed by atoms with Gasteiger partial charge in [-0.2, -0.15) is 0 Å². The molecule has 1 aromatic carbocycles. The van der Waals surface area contributed by atoms with Crippen molar-refractivity contribution in [3.63, 3.8) is 0 Å². The van der Waals surface area contributed by atoms with Crippen LogP contribution in [0, 0.1) is 0 Å². The van der Waals surface area contributed by atoms with Crippen LogP contribution in [0.3, 0.4) is 0 Å². The van der Waals surface area contributed by atoms with Crippen molar-refractivity contribution >= 4 is 45.0 Å². The summed E-state index contributed by atoms with van der Waals surface area (Å²) in [7, 11) is 1.59. The first-order valence-corrected chi connectivity index (χ1v) is 7.10. The number of benzene rings is 1. The molecule has 3 nitrogen and oxygen atoms in total. The van der Waals surface area contributed by atoms with E-state index in [1.54, 1.807) is 30.2 Å². The van der Waals surface area contributed by atoms with Crippen LogP contribution in [0.25, 0.3) is 0 Å². The van der Waals surface area contributed by atoms with Crippen LogP contribution in [-0.2, 0) is 4.74 Å². The van der Waals surface area contributed by atoms with E-state index in [9.17, 15) is 4.79 Å². The van der Waals surface area contributed by atoms with Gasteiger partial charge in [-0.3, -0.25) is 4.79 Å². The van der Waals surface area contributed by atoms with E-state index in [2.05, 4.69) is 15.9 Å². The molecule has 0 saturated heterocycles. The molecule has 0 aromatic heterocycles. The molecule has 0 heterocycles. The fourth-order valence-electron chi connectivity index (χ4n) is 1.46. The molecule has 0 unspecified atom stereocenters. The van der Waals surface area contributed by atoms with Crippen molar-refractivity contribution in [2.24, 2.45) is 0 Å². The van der Waals surface area contributed by atoms with Crippen molar-refractivity contribution in [1.82, 2.24) is 4.90 Å². The second-order valence-corrected chi connectivity index (χ2v) is 5.19. The van der Waals surface area contributed by atoms with E-state index < -0.39 is 0 Å². The Balaban J connectivity index is 2.90. The molecule has 18 heavy (non-hydrogen) atoms. The number of hydrogen-bond acceptors (Lipinski definition) is 2. The van der Waals surface area contributed by atoms with Gasteiger partial charge in [0.25, 0.3) is 5.91 Å². The zero-order chi connectivity index (χ0) is 13.5. The van der Waals surface area contributed by atoms with Crippen molar-refractivity contribution in [2.75, 3.05) is 32.7 Å². The molecule has 0 fully saturated rings. The van der Waals surface area contributed by atoms with Gasteiger partial charge in [0.15, 0.2) is 0 Å². The summed E-state index contributed by atoms with van der Waals surface area (Å²) in [5.74, 6) is 0.236. The second kappa shape index (κ2) is 8.00. The summed E-state index contributed by atoms with van der Waals surface area (Å²) in [5, 5.41) is 0.416. The molecule has 0 aliphatic rings. The Bertz CT molecular complexity index is 415. The first kappa shape index (κ1) is 15.8. The average molecular weight is 355 g/mol. The predicted molar refractivity (Wildman–Crippen MR) is 77.7 cm³/mol. The van der Waals surface area contributed by atoms with Gasteiger partial charge in [-0.05, 0) is 28.1 Å². The molecule has 1 amide bonds. The molecule has 0 radical (unpaired) electrons. The minimum Gasteiger partial charge on any atom is -0.383 e. The SMILES string of the molecule is COCCN(CCCl)C(=O)c1cccc(Br)c1Cl. The molecule has 0 bridgehead atoms. The highest BCUT2D eigenvalue weighted by atomic mass is 79.9. The van der Waals surface area contributed by atoms with Gasteiger partial charge in [-0.15, -0.1) is 11.6 Å². The maximum absolute atomic E-state index is 12.3. The molecule has 6 heteroatoms. The van der Waals surface area contributed by atoms with E-state index in [4.69, 9.17) is 27.9 Å². The number of ether oxygens (including phenoxy) is 1. The van der Waals surface area contributed by atoms with Gasteiger partial charge in [0.05, 0.1) is 17.2 Å². The summed E-state index contributed by atoms with van der Waals surface area (Å²) in [4.78, 5) is 13.9. The first-order valence-electron chi connectivity index (χ1n) is 5.40. The highest BCUT2D eigenvalue weighted by Crippen LogP contribution is 2.26. The average Bonchev–Trinajstić information content (AvgIpc) is 2.37. The number of halogens is 3. The molecule has 0 saturated carbocycles.